The highest BCUT2D eigenvalue weighted by Crippen LogP contribution is 2.43. The average Bonchev–Trinajstić information content (AvgIpc) is 2.87. The molecule has 0 aromatic heterocycles. The summed E-state index contributed by atoms with van der Waals surface area (Å²) in [5.74, 6) is 0.593. The standard InChI is InChI=1S/C17H27N/c1-4-14-7-8-15(13(2)3)16(11-14)17(12-18)9-5-6-10-17/h7-8,11,13H,4-6,9-10,12,18H2,1-3H3. The van der Waals surface area contributed by atoms with E-state index in [1.807, 2.05) is 0 Å². The summed E-state index contributed by atoms with van der Waals surface area (Å²) in [7, 11) is 0. The van der Waals surface area contributed by atoms with Crippen molar-refractivity contribution >= 4 is 0 Å². The molecular formula is C17H27N. The summed E-state index contributed by atoms with van der Waals surface area (Å²) in [6.07, 6.45) is 6.34. The van der Waals surface area contributed by atoms with Crippen molar-refractivity contribution in [2.75, 3.05) is 6.54 Å². The van der Waals surface area contributed by atoms with Gasteiger partial charge in [-0.3, -0.25) is 0 Å². The first kappa shape index (κ1) is 13.6. The first-order valence-corrected chi connectivity index (χ1v) is 7.46. The zero-order valence-corrected chi connectivity index (χ0v) is 12.1. The Morgan fingerprint density at radius 1 is 1.22 bits per heavy atom. The van der Waals surface area contributed by atoms with Gasteiger partial charge in [0.05, 0.1) is 0 Å². The summed E-state index contributed by atoms with van der Waals surface area (Å²) in [6.45, 7) is 7.63. The molecule has 1 aliphatic carbocycles. The molecule has 2 rings (SSSR count). The SMILES string of the molecule is CCc1ccc(C(C)C)c(C2(CN)CCCC2)c1. The summed E-state index contributed by atoms with van der Waals surface area (Å²) < 4.78 is 0. The van der Waals surface area contributed by atoms with Gasteiger partial charge in [0.2, 0.25) is 0 Å². The summed E-state index contributed by atoms with van der Waals surface area (Å²) in [5.41, 5.74) is 10.9. The van der Waals surface area contributed by atoms with Gasteiger partial charge in [-0.2, -0.15) is 0 Å². The predicted octanol–water partition coefficient (Wildman–Crippen LogP) is 4.14. The Balaban J connectivity index is 2.51. The van der Waals surface area contributed by atoms with Crippen molar-refractivity contribution in [3.05, 3.63) is 34.9 Å². The maximum absolute atomic E-state index is 6.16. The van der Waals surface area contributed by atoms with Gasteiger partial charge in [-0.1, -0.05) is 51.8 Å². The number of hydrogen-bond donors (Lipinski definition) is 1. The van der Waals surface area contributed by atoms with Crippen molar-refractivity contribution in [3.63, 3.8) is 0 Å². The van der Waals surface area contributed by atoms with Gasteiger partial charge in [0.25, 0.3) is 0 Å². The van der Waals surface area contributed by atoms with E-state index in [1.165, 1.54) is 36.8 Å². The fraction of sp³-hybridized carbons (Fsp3) is 0.647. The zero-order chi connectivity index (χ0) is 13.2. The molecule has 0 spiro atoms. The van der Waals surface area contributed by atoms with Crippen LogP contribution in [0.5, 0.6) is 0 Å². The summed E-state index contributed by atoms with van der Waals surface area (Å²) in [5, 5.41) is 0. The molecule has 1 nitrogen and oxygen atoms in total. The van der Waals surface area contributed by atoms with E-state index in [0.717, 1.165) is 13.0 Å². The van der Waals surface area contributed by atoms with E-state index in [0.29, 0.717) is 5.92 Å². The van der Waals surface area contributed by atoms with Crippen LogP contribution in [0.3, 0.4) is 0 Å². The normalized spacial score (nSPS) is 18.5. The van der Waals surface area contributed by atoms with Crippen LogP contribution in [0.25, 0.3) is 0 Å². The minimum Gasteiger partial charge on any atom is -0.330 e. The largest absolute Gasteiger partial charge is 0.330 e. The van der Waals surface area contributed by atoms with E-state index in [4.69, 9.17) is 5.73 Å². The molecule has 2 N–H and O–H groups in total. The summed E-state index contributed by atoms with van der Waals surface area (Å²) >= 11 is 0. The van der Waals surface area contributed by atoms with E-state index in [2.05, 4.69) is 39.0 Å². The van der Waals surface area contributed by atoms with Gasteiger partial charge in [0.1, 0.15) is 0 Å². The Morgan fingerprint density at radius 3 is 2.39 bits per heavy atom. The van der Waals surface area contributed by atoms with Gasteiger partial charge in [-0.25, -0.2) is 0 Å². The molecule has 1 aromatic carbocycles. The lowest BCUT2D eigenvalue weighted by Gasteiger charge is -2.32. The summed E-state index contributed by atoms with van der Waals surface area (Å²) in [6, 6.07) is 7.07. The fourth-order valence-corrected chi connectivity index (χ4v) is 3.42. The number of nitrogens with two attached hydrogens (primary N) is 1. The topological polar surface area (TPSA) is 26.0 Å². The lowest BCUT2D eigenvalue weighted by Crippen LogP contribution is -2.33. The molecule has 100 valence electrons. The van der Waals surface area contributed by atoms with Gasteiger partial charge >= 0.3 is 0 Å². The third-order valence-corrected chi connectivity index (χ3v) is 4.67. The Labute approximate surface area is 112 Å². The Bertz CT molecular complexity index is 400. The molecule has 1 heteroatoms. The van der Waals surface area contributed by atoms with Crippen LogP contribution in [0.4, 0.5) is 0 Å². The van der Waals surface area contributed by atoms with Crippen LogP contribution in [0, 0.1) is 0 Å². The van der Waals surface area contributed by atoms with Crippen molar-refractivity contribution in [1.82, 2.24) is 0 Å². The number of rotatable bonds is 4. The quantitative estimate of drug-likeness (QED) is 0.847. The second-order valence-corrected chi connectivity index (χ2v) is 6.12. The maximum atomic E-state index is 6.16. The molecule has 1 saturated carbocycles. The van der Waals surface area contributed by atoms with E-state index < -0.39 is 0 Å². The lowest BCUT2D eigenvalue weighted by molar-refractivity contribution is 0.446. The lowest BCUT2D eigenvalue weighted by atomic mass is 9.74. The first-order valence-electron chi connectivity index (χ1n) is 7.46. The van der Waals surface area contributed by atoms with Gasteiger partial charge in [-0.05, 0) is 41.9 Å². The molecule has 18 heavy (non-hydrogen) atoms. The highest BCUT2D eigenvalue weighted by molar-refractivity contribution is 5.40. The summed E-state index contributed by atoms with van der Waals surface area (Å²) in [4.78, 5) is 0. The molecule has 0 atom stereocenters. The van der Waals surface area contributed by atoms with Crippen molar-refractivity contribution in [2.24, 2.45) is 5.73 Å². The van der Waals surface area contributed by atoms with Crippen LogP contribution in [-0.2, 0) is 11.8 Å². The Hall–Kier alpha value is -0.820. The van der Waals surface area contributed by atoms with Gasteiger partial charge in [0.15, 0.2) is 0 Å². The molecule has 1 fully saturated rings. The average molecular weight is 245 g/mol. The maximum Gasteiger partial charge on any atom is 0.00784 e. The van der Waals surface area contributed by atoms with E-state index in [1.54, 1.807) is 5.56 Å². The molecule has 0 saturated heterocycles. The van der Waals surface area contributed by atoms with E-state index in [9.17, 15) is 0 Å². The number of benzene rings is 1. The minimum absolute atomic E-state index is 0.269. The number of aryl methyl sites for hydroxylation is 1. The van der Waals surface area contributed by atoms with E-state index >= 15 is 0 Å². The van der Waals surface area contributed by atoms with Crippen molar-refractivity contribution < 1.29 is 0 Å². The van der Waals surface area contributed by atoms with Crippen LogP contribution < -0.4 is 5.73 Å². The van der Waals surface area contributed by atoms with Crippen LogP contribution >= 0.6 is 0 Å². The zero-order valence-electron chi connectivity index (χ0n) is 12.1. The van der Waals surface area contributed by atoms with Crippen LogP contribution in [0.1, 0.15) is 69.1 Å². The van der Waals surface area contributed by atoms with Gasteiger partial charge in [-0.15, -0.1) is 0 Å². The highest BCUT2D eigenvalue weighted by atomic mass is 14.6. The second-order valence-electron chi connectivity index (χ2n) is 6.12. The van der Waals surface area contributed by atoms with Gasteiger partial charge in [0, 0.05) is 12.0 Å². The Kier molecular flexibility index (Phi) is 4.11. The van der Waals surface area contributed by atoms with E-state index in [-0.39, 0.29) is 5.41 Å². The molecule has 0 radical (unpaired) electrons. The molecule has 0 bridgehead atoms. The molecule has 1 aromatic rings. The third kappa shape index (κ3) is 2.33. The third-order valence-electron chi connectivity index (χ3n) is 4.67. The molecule has 0 aliphatic heterocycles. The molecular weight excluding hydrogens is 218 g/mol. The van der Waals surface area contributed by atoms with Crippen LogP contribution in [0.15, 0.2) is 18.2 Å². The predicted molar refractivity (Wildman–Crippen MR) is 79.1 cm³/mol. The first-order chi connectivity index (χ1) is 8.63. The van der Waals surface area contributed by atoms with Crippen LogP contribution in [-0.4, -0.2) is 6.54 Å². The Morgan fingerprint density at radius 2 is 1.89 bits per heavy atom. The molecule has 0 heterocycles. The molecule has 1 aliphatic rings. The molecule has 0 amide bonds. The van der Waals surface area contributed by atoms with Gasteiger partial charge < -0.3 is 5.73 Å². The highest BCUT2D eigenvalue weighted by Gasteiger charge is 2.36. The smallest absolute Gasteiger partial charge is 0.00784 e. The van der Waals surface area contributed by atoms with Crippen molar-refractivity contribution in [2.45, 2.75) is 64.2 Å². The van der Waals surface area contributed by atoms with Crippen molar-refractivity contribution in [1.29, 1.82) is 0 Å². The second kappa shape index (κ2) is 5.44. The minimum atomic E-state index is 0.269. The molecule has 0 unspecified atom stereocenters. The van der Waals surface area contributed by atoms with Crippen LogP contribution in [0.2, 0.25) is 0 Å². The fourth-order valence-electron chi connectivity index (χ4n) is 3.42. The number of hydrogen-bond acceptors (Lipinski definition) is 1. The van der Waals surface area contributed by atoms with Crippen molar-refractivity contribution in [3.8, 4) is 0 Å². The monoisotopic (exact) mass is 245 g/mol.